The lowest BCUT2D eigenvalue weighted by molar-refractivity contribution is 0.0532. The molecule has 1 aromatic rings. The van der Waals surface area contributed by atoms with Gasteiger partial charge in [0.05, 0.1) is 12.7 Å². The molecule has 1 saturated heterocycles. The van der Waals surface area contributed by atoms with Crippen molar-refractivity contribution < 1.29 is 4.74 Å². The first-order valence-electron chi connectivity index (χ1n) is 10.6. The van der Waals surface area contributed by atoms with E-state index in [4.69, 9.17) is 16.3 Å². The van der Waals surface area contributed by atoms with E-state index in [-0.39, 0.29) is 5.41 Å². The second-order valence-corrected chi connectivity index (χ2v) is 8.83. The molecule has 0 radical (unpaired) electrons. The van der Waals surface area contributed by atoms with Crippen molar-refractivity contribution in [3.05, 3.63) is 34.9 Å². The van der Waals surface area contributed by atoms with Crippen molar-refractivity contribution in [2.24, 2.45) is 4.99 Å². The Bertz CT molecular complexity index is 652. The van der Waals surface area contributed by atoms with Crippen LogP contribution < -0.4 is 10.6 Å². The highest BCUT2D eigenvalue weighted by Crippen LogP contribution is 2.48. The molecule has 2 aliphatic rings. The number of halogens is 1. The minimum Gasteiger partial charge on any atom is -0.377 e. The quantitative estimate of drug-likeness (QED) is 0.513. The van der Waals surface area contributed by atoms with Crippen LogP contribution in [0.4, 0.5) is 0 Å². The molecular formula is C22H35ClN4O. The molecule has 3 rings (SSSR count). The highest BCUT2D eigenvalue weighted by Gasteiger charge is 2.44. The molecule has 2 fully saturated rings. The Labute approximate surface area is 174 Å². The molecule has 5 nitrogen and oxygen atoms in total. The summed E-state index contributed by atoms with van der Waals surface area (Å²) in [7, 11) is 1.85. The number of ether oxygens (including phenoxy) is 1. The summed E-state index contributed by atoms with van der Waals surface area (Å²) in [5, 5.41) is 7.99. The van der Waals surface area contributed by atoms with Gasteiger partial charge < -0.3 is 20.3 Å². The molecule has 1 aromatic carbocycles. The number of aliphatic imine (C=N–C) groups is 1. The number of likely N-dealkylation sites (tertiary alicyclic amines) is 1. The van der Waals surface area contributed by atoms with Crippen LogP contribution in [0.25, 0.3) is 0 Å². The predicted octanol–water partition coefficient (Wildman–Crippen LogP) is 3.43. The van der Waals surface area contributed by atoms with E-state index >= 15 is 0 Å². The van der Waals surface area contributed by atoms with Crippen molar-refractivity contribution in [2.75, 3.05) is 39.8 Å². The Balaban J connectivity index is 1.41. The van der Waals surface area contributed by atoms with Gasteiger partial charge in [-0.3, -0.25) is 4.99 Å². The zero-order valence-corrected chi connectivity index (χ0v) is 18.3. The van der Waals surface area contributed by atoms with Crippen molar-refractivity contribution in [3.63, 3.8) is 0 Å². The van der Waals surface area contributed by atoms with E-state index in [1.165, 1.54) is 18.4 Å². The minimum absolute atomic E-state index is 0.211. The van der Waals surface area contributed by atoms with E-state index in [0.29, 0.717) is 12.1 Å². The maximum absolute atomic E-state index is 6.19. The molecule has 2 N–H and O–H groups in total. The molecule has 28 heavy (non-hydrogen) atoms. The second kappa shape index (κ2) is 9.95. The third-order valence-electron chi connectivity index (χ3n) is 5.90. The third-order valence-corrected chi connectivity index (χ3v) is 6.13. The molecule has 1 aliphatic heterocycles. The van der Waals surface area contributed by atoms with Crippen LogP contribution in [0.1, 0.15) is 45.1 Å². The number of benzene rings is 1. The summed E-state index contributed by atoms with van der Waals surface area (Å²) in [4.78, 5) is 6.94. The van der Waals surface area contributed by atoms with Gasteiger partial charge in [-0.1, -0.05) is 23.7 Å². The van der Waals surface area contributed by atoms with Gasteiger partial charge in [-0.25, -0.2) is 0 Å². The summed E-state index contributed by atoms with van der Waals surface area (Å²) in [6.45, 7) is 9.16. The summed E-state index contributed by atoms with van der Waals surface area (Å²) in [6, 6.07) is 8.76. The van der Waals surface area contributed by atoms with Crippen LogP contribution in [0.5, 0.6) is 0 Å². The van der Waals surface area contributed by atoms with E-state index in [1.807, 2.05) is 19.2 Å². The fourth-order valence-electron chi connectivity index (χ4n) is 3.90. The Kier molecular flexibility index (Phi) is 7.61. The summed E-state index contributed by atoms with van der Waals surface area (Å²) < 4.78 is 5.67. The van der Waals surface area contributed by atoms with Crippen LogP contribution >= 0.6 is 11.6 Å². The van der Waals surface area contributed by atoms with Gasteiger partial charge >= 0.3 is 0 Å². The maximum atomic E-state index is 6.19. The highest BCUT2D eigenvalue weighted by molar-refractivity contribution is 6.30. The van der Waals surface area contributed by atoms with Crippen molar-refractivity contribution in [1.29, 1.82) is 0 Å². The molecule has 0 spiro atoms. The first-order chi connectivity index (χ1) is 13.5. The number of nitrogens with one attached hydrogen (secondary N) is 2. The van der Waals surface area contributed by atoms with Crippen LogP contribution in [-0.2, 0) is 10.2 Å². The largest absolute Gasteiger partial charge is 0.377 e. The van der Waals surface area contributed by atoms with Crippen LogP contribution in [-0.4, -0.2) is 62.8 Å². The van der Waals surface area contributed by atoms with Crippen LogP contribution in [0.3, 0.4) is 0 Å². The van der Waals surface area contributed by atoms with Crippen molar-refractivity contribution in [3.8, 4) is 0 Å². The highest BCUT2D eigenvalue weighted by atomic mass is 35.5. The lowest BCUT2D eigenvalue weighted by Crippen LogP contribution is -2.50. The summed E-state index contributed by atoms with van der Waals surface area (Å²) >= 11 is 6.19. The Morgan fingerprint density at radius 2 is 2.07 bits per heavy atom. The molecule has 0 bridgehead atoms. The van der Waals surface area contributed by atoms with Gasteiger partial charge in [0.25, 0.3) is 0 Å². The number of hydrogen-bond donors (Lipinski definition) is 2. The SMILES string of the molecule is CN=C(NCC1(c2cccc(Cl)c2)CC1)NC1CCN(CCOC(C)C)CC1. The summed E-state index contributed by atoms with van der Waals surface area (Å²) in [5.74, 6) is 0.912. The van der Waals surface area contributed by atoms with Gasteiger partial charge in [-0.05, 0) is 57.2 Å². The standard InChI is InChI=1S/C22H35ClN4O/c1-17(2)28-14-13-27-11-7-20(8-12-27)26-21(24-3)25-16-22(9-10-22)18-5-4-6-19(23)15-18/h4-6,15,17,20H,7-14,16H2,1-3H3,(H2,24,25,26). The average Bonchev–Trinajstić information content (AvgIpc) is 3.47. The molecule has 156 valence electrons. The van der Waals surface area contributed by atoms with E-state index in [0.717, 1.165) is 56.6 Å². The number of piperidine rings is 1. The van der Waals surface area contributed by atoms with Crippen LogP contribution in [0.2, 0.25) is 5.02 Å². The van der Waals surface area contributed by atoms with Gasteiger partial charge in [0.2, 0.25) is 0 Å². The minimum atomic E-state index is 0.211. The molecule has 1 saturated carbocycles. The van der Waals surface area contributed by atoms with E-state index in [9.17, 15) is 0 Å². The number of rotatable bonds is 8. The zero-order chi connectivity index (χ0) is 20.0. The maximum Gasteiger partial charge on any atom is 0.191 e. The molecular weight excluding hydrogens is 372 g/mol. The monoisotopic (exact) mass is 406 g/mol. The molecule has 0 aromatic heterocycles. The molecule has 0 unspecified atom stereocenters. The molecule has 0 amide bonds. The van der Waals surface area contributed by atoms with Crippen molar-refractivity contribution >= 4 is 17.6 Å². The lowest BCUT2D eigenvalue weighted by Gasteiger charge is -2.33. The lowest BCUT2D eigenvalue weighted by atomic mass is 9.96. The van der Waals surface area contributed by atoms with Gasteiger partial charge in [0, 0.05) is 49.7 Å². The third kappa shape index (κ3) is 6.10. The number of guanidine groups is 1. The van der Waals surface area contributed by atoms with Gasteiger partial charge in [0.15, 0.2) is 5.96 Å². The molecule has 0 atom stereocenters. The fourth-order valence-corrected chi connectivity index (χ4v) is 4.09. The van der Waals surface area contributed by atoms with Gasteiger partial charge in [-0.15, -0.1) is 0 Å². The average molecular weight is 407 g/mol. The summed E-state index contributed by atoms with van der Waals surface area (Å²) in [5.41, 5.74) is 1.54. The topological polar surface area (TPSA) is 48.9 Å². The van der Waals surface area contributed by atoms with Crippen LogP contribution in [0, 0.1) is 0 Å². The summed E-state index contributed by atoms with van der Waals surface area (Å²) in [6.07, 6.45) is 5.00. The van der Waals surface area contributed by atoms with E-state index in [1.54, 1.807) is 0 Å². The fraction of sp³-hybridized carbons (Fsp3) is 0.682. The van der Waals surface area contributed by atoms with E-state index < -0.39 is 0 Å². The van der Waals surface area contributed by atoms with Crippen molar-refractivity contribution in [1.82, 2.24) is 15.5 Å². The Morgan fingerprint density at radius 1 is 1.32 bits per heavy atom. The van der Waals surface area contributed by atoms with Crippen molar-refractivity contribution in [2.45, 2.75) is 57.1 Å². The molecule has 1 heterocycles. The normalized spacial score (nSPS) is 20.4. The number of nitrogens with zero attached hydrogens (tertiary/aromatic N) is 2. The van der Waals surface area contributed by atoms with Crippen LogP contribution in [0.15, 0.2) is 29.3 Å². The molecule has 6 heteroatoms. The van der Waals surface area contributed by atoms with E-state index in [2.05, 4.69) is 46.5 Å². The first-order valence-corrected chi connectivity index (χ1v) is 11.0. The Hall–Kier alpha value is -1.30. The predicted molar refractivity (Wildman–Crippen MR) is 117 cm³/mol. The van der Waals surface area contributed by atoms with Gasteiger partial charge in [-0.2, -0.15) is 0 Å². The zero-order valence-electron chi connectivity index (χ0n) is 17.5. The Morgan fingerprint density at radius 3 is 2.68 bits per heavy atom. The smallest absolute Gasteiger partial charge is 0.191 e. The first kappa shape index (κ1) is 21.4. The second-order valence-electron chi connectivity index (χ2n) is 8.40. The van der Waals surface area contributed by atoms with Gasteiger partial charge in [0.1, 0.15) is 0 Å². The number of hydrogen-bond acceptors (Lipinski definition) is 3. The molecule has 1 aliphatic carbocycles.